The van der Waals surface area contributed by atoms with E-state index in [-0.39, 0.29) is 41.0 Å². The lowest BCUT2D eigenvalue weighted by atomic mass is 10.0. The number of hydrogen-bond donors (Lipinski definition) is 11. The normalized spacial score (nSPS) is 12.8. The van der Waals surface area contributed by atoms with Crippen LogP contribution in [-0.4, -0.2) is 136 Å². The molecular formula is C120H100F4N24O2. The Labute approximate surface area is 857 Å². The van der Waals surface area contributed by atoms with Gasteiger partial charge in [0.05, 0.1) is 95.7 Å². The molecule has 1 aliphatic heterocycles. The summed E-state index contributed by atoms with van der Waals surface area (Å²) in [5.74, 6) is 1.45. The third-order valence-corrected chi connectivity index (χ3v) is 27.5. The fourth-order valence-corrected chi connectivity index (χ4v) is 20.1. The van der Waals surface area contributed by atoms with Gasteiger partial charge in [0.15, 0.2) is 23.3 Å². The largest absolute Gasteiger partial charge is 0.382 e. The van der Waals surface area contributed by atoms with E-state index in [4.69, 9.17) is 19.9 Å². The second-order valence-electron chi connectivity index (χ2n) is 38.1. The van der Waals surface area contributed by atoms with Gasteiger partial charge < -0.3 is 35.9 Å². The highest BCUT2D eigenvalue weighted by Gasteiger charge is 2.27. The van der Waals surface area contributed by atoms with Crippen molar-refractivity contribution in [2.45, 2.75) is 97.6 Å². The second-order valence-corrected chi connectivity index (χ2v) is 38.1. The van der Waals surface area contributed by atoms with Crippen LogP contribution in [0.4, 0.5) is 34.6 Å². The number of halogens is 4. The van der Waals surface area contributed by atoms with Crippen LogP contribution >= 0.6 is 0 Å². The smallest absolute Gasteiger partial charge is 0.227 e. The molecule has 2 aliphatic rings. The molecule has 0 atom stereocenters. The molecule has 13 heterocycles. The summed E-state index contributed by atoms with van der Waals surface area (Å²) in [6, 6.07) is 82.7. The number of unbranched alkanes of at least 4 members (excludes halogenated alkanes) is 1. The van der Waals surface area contributed by atoms with Crippen molar-refractivity contribution in [1.29, 1.82) is 0 Å². The van der Waals surface area contributed by atoms with Crippen LogP contribution < -0.4 is 16.0 Å². The number of amides is 2. The number of pyridine rings is 4. The SMILES string of the molecule is CC(C)Nc1cncc(-c2ccc3[nH]nc(-c4nc5c(-c6ccccc6F)cccc5[nH]4)c3c2)c1.CCCCC(=O)Nc1cncc(-c2ccc3[nH]nc(-c4nc5c(-c6ccccc6F)cccc5[nH]4)c3c2)c1.Fc1ccccc1-c1cccc2[nH]c(-c3n[nH]c4ccc(-c5cncc(CN6CCCCC6)c5)cc34)nc12.O=C(Nc1cncc(-c2ccc3[nH]nc(-c4nc5c(-c6ccccc6F)cccc5[nH]4)c3c2)c1)C1CCCC1. The zero-order valence-corrected chi connectivity index (χ0v) is 82.0. The van der Waals surface area contributed by atoms with Crippen molar-refractivity contribution in [1.82, 2.24) is 105 Å². The third-order valence-electron chi connectivity index (χ3n) is 27.5. The number of nitrogens with one attached hydrogen (secondary N) is 11. The Morgan fingerprint density at radius 1 is 0.340 bits per heavy atom. The van der Waals surface area contributed by atoms with Gasteiger partial charge in [-0.15, -0.1) is 0 Å². The minimum Gasteiger partial charge on any atom is -0.382 e. The number of carbonyl (C=O) groups excluding carboxylic acids is 2. The average molecular weight is 1990 g/mol. The van der Waals surface area contributed by atoms with Crippen LogP contribution in [0.25, 0.3) is 223 Å². The van der Waals surface area contributed by atoms with Gasteiger partial charge in [0.2, 0.25) is 11.8 Å². The van der Waals surface area contributed by atoms with Gasteiger partial charge in [0.25, 0.3) is 0 Å². The summed E-state index contributed by atoms with van der Waals surface area (Å²) in [5, 5.41) is 43.7. The van der Waals surface area contributed by atoms with E-state index in [1.807, 2.05) is 183 Å². The molecule has 2 fully saturated rings. The van der Waals surface area contributed by atoms with Gasteiger partial charge >= 0.3 is 0 Å². The van der Waals surface area contributed by atoms with Gasteiger partial charge in [0, 0.05) is 150 Å². The Morgan fingerprint density at radius 2 is 0.667 bits per heavy atom. The summed E-state index contributed by atoms with van der Waals surface area (Å²) in [4.78, 5) is 77.9. The lowest BCUT2D eigenvalue weighted by molar-refractivity contribution is -0.119. The molecular weight excluding hydrogens is 1890 g/mol. The number of aromatic amines is 8. The van der Waals surface area contributed by atoms with Crippen molar-refractivity contribution in [3.8, 4) is 135 Å². The summed E-state index contributed by atoms with van der Waals surface area (Å²) in [6.07, 6.45) is 24.8. The number of hydrogen-bond acceptors (Lipinski definition) is 16. The molecule has 0 bridgehead atoms. The summed E-state index contributed by atoms with van der Waals surface area (Å²) < 4.78 is 58.3. The number of imidazole rings is 4. The van der Waals surface area contributed by atoms with E-state index in [9.17, 15) is 27.2 Å². The number of benzene rings is 12. The summed E-state index contributed by atoms with van der Waals surface area (Å²) >= 11 is 0. The fourth-order valence-electron chi connectivity index (χ4n) is 20.1. The second kappa shape index (κ2) is 41.9. The molecule has 2 amide bonds. The minimum atomic E-state index is -0.295. The lowest BCUT2D eigenvalue weighted by Gasteiger charge is -2.26. The number of likely N-dealkylation sites (tertiary alicyclic amines) is 1. The predicted octanol–water partition coefficient (Wildman–Crippen LogP) is 28.0. The van der Waals surface area contributed by atoms with E-state index in [1.54, 1.807) is 73.3 Å². The number of fused-ring (bicyclic) bond motifs is 8. The first-order chi connectivity index (χ1) is 73.5. The zero-order valence-electron chi connectivity index (χ0n) is 82.0. The Bertz CT molecular complexity index is 9170. The Kier molecular flexibility index (Phi) is 26.5. The van der Waals surface area contributed by atoms with Gasteiger partial charge in [-0.1, -0.05) is 178 Å². The van der Waals surface area contributed by atoms with Gasteiger partial charge in [-0.3, -0.25) is 54.8 Å². The maximum atomic E-state index is 14.6. The van der Waals surface area contributed by atoms with E-state index in [1.165, 1.54) is 49.1 Å². The summed E-state index contributed by atoms with van der Waals surface area (Å²) in [6.45, 7) is 9.50. The summed E-state index contributed by atoms with van der Waals surface area (Å²) in [7, 11) is 0. The first-order valence-electron chi connectivity index (χ1n) is 50.3. The van der Waals surface area contributed by atoms with E-state index in [2.05, 4.69) is 159 Å². The van der Waals surface area contributed by atoms with Crippen molar-refractivity contribution in [3.05, 3.63) is 345 Å². The highest BCUT2D eigenvalue weighted by Crippen LogP contribution is 2.43. The van der Waals surface area contributed by atoms with Gasteiger partial charge in [0.1, 0.15) is 46.0 Å². The predicted molar refractivity (Wildman–Crippen MR) is 586 cm³/mol. The quantitative estimate of drug-likeness (QED) is 0.0281. The molecule has 24 aromatic rings. The fraction of sp³-hybridized carbons (Fsp3) is 0.150. The van der Waals surface area contributed by atoms with Crippen molar-refractivity contribution in [2.75, 3.05) is 29.0 Å². The molecule has 26 nitrogen and oxygen atoms in total. The number of rotatable bonds is 22. The molecule has 0 radical (unpaired) electrons. The number of piperidine rings is 1. The first kappa shape index (κ1) is 95.0. The third kappa shape index (κ3) is 19.8. The van der Waals surface area contributed by atoms with Gasteiger partial charge in [-0.05, 0) is 208 Å². The molecule has 12 aromatic heterocycles. The highest BCUT2D eigenvalue weighted by atomic mass is 19.1. The monoisotopic (exact) mass is 1980 g/mol. The number of H-pyrrole nitrogens is 8. The lowest BCUT2D eigenvalue weighted by Crippen LogP contribution is -2.29. The number of para-hydroxylation sites is 4. The number of anilines is 3. The van der Waals surface area contributed by atoms with E-state index >= 15 is 0 Å². The zero-order chi connectivity index (χ0) is 102. The van der Waals surface area contributed by atoms with E-state index in [0.717, 1.165) is 202 Å². The maximum absolute atomic E-state index is 14.6. The van der Waals surface area contributed by atoms with Gasteiger partial charge in [-0.25, -0.2) is 37.5 Å². The van der Waals surface area contributed by atoms with Crippen LogP contribution in [0.3, 0.4) is 0 Å². The molecule has 0 unspecified atom stereocenters. The van der Waals surface area contributed by atoms with Crippen LogP contribution in [0, 0.1) is 29.2 Å². The molecule has 0 spiro atoms. The van der Waals surface area contributed by atoms with Crippen LogP contribution in [0.2, 0.25) is 0 Å². The highest BCUT2D eigenvalue weighted by molar-refractivity contribution is 6.05. The van der Waals surface area contributed by atoms with Crippen LogP contribution in [0.1, 0.15) is 90.5 Å². The van der Waals surface area contributed by atoms with Crippen molar-refractivity contribution >= 4 is 117 Å². The van der Waals surface area contributed by atoms with Crippen LogP contribution in [0.15, 0.2) is 316 Å². The first-order valence-corrected chi connectivity index (χ1v) is 50.3. The average Bonchev–Trinajstić information content (AvgIpc) is 1.62. The van der Waals surface area contributed by atoms with E-state index < -0.39 is 0 Å². The minimum absolute atomic E-state index is 0.0157. The number of aromatic nitrogens is 20. The molecule has 1 aliphatic carbocycles. The Balaban J connectivity index is 0.000000110. The van der Waals surface area contributed by atoms with Crippen LogP contribution in [-0.2, 0) is 16.1 Å². The summed E-state index contributed by atoms with van der Waals surface area (Å²) in [5.41, 5.74) is 28.7. The molecule has 1 saturated heterocycles. The molecule has 740 valence electrons. The van der Waals surface area contributed by atoms with Crippen molar-refractivity contribution in [2.24, 2.45) is 5.92 Å². The molecule has 11 N–H and O–H groups in total. The molecule has 12 aromatic carbocycles. The molecule has 1 saturated carbocycles. The molecule has 150 heavy (non-hydrogen) atoms. The maximum Gasteiger partial charge on any atom is 0.227 e. The standard InChI is InChI=1S/C31H25FN6O.C31H27FN6.C30H25FN6O.C28H23FN6/c32-25-10-4-3-8-22(25)23-9-5-11-27-28(23)36-30(35-27)29-24-15-19(12-13-26(24)37-38-29)20-14-21(17-33-16-20)34-31(39)18-6-1-2-7-18;32-26-9-3-2-7-23(26)24-8-6-10-28-29(24)35-31(34-28)30-25-16-21(11-12-27(25)36-37-30)22-15-20(17-33-18-22)19-38-13-4-1-5-14-38;1-2-3-11-27(38)33-20-14-19(16-32-17-20)18-12-13-25-23(15-18)29(37-36-25)30-34-26-10-6-8-22(28(26)35-30)21-7-4-5-9-24(21)31;1-16(2)31-19-12-18(14-30-15-19)17-10-11-24-22(13-17)27(35-34-24)28-32-25-9-5-7-21(26(25)33-28)20-6-3-4-8-23(20)29/h3-5,8-18H,1-2,6-7H2,(H,34,39)(H,35,36)(H,37,38);2-3,6-12,15-18H,1,4-5,13-14,19H2,(H,34,35)(H,36,37);4-10,12-17H,2-3,11H2,1H3,(H,33,38)(H,34,35)(H,36,37);3-16,31H,1-2H3,(H,32,33)(H,34,35). The Hall–Kier alpha value is -18.6. The van der Waals surface area contributed by atoms with Gasteiger partial charge in [-0.2, -0.15) is 20.4 Å². The topological polar surface area (TPSA) is 354 Å². The molecule has 26 rings (SSSR count). The number of carbonyl (C=O) groups is 2. The van der Waals surface area contributed by atoms with Crippen LogP contribution in [0.5, 0.6) is 0 Å². The van der Waals surface area contributed by atoms with Crippen molar-refractivity contribution < 1.29 is 27.2 Å². The van der Waals surface area contributed by atoms with Crippen molar-refractivity contribution in [3.63, 3.8) is 0 Å². The Morgan fingerprint density at radius 3 is 1.02 bits per heavy atom. The molecule has 30 heteroatoms. The van der Waals surface area contributed by atoms with E-state index in [0.29, 0.717) is 109 Å². The number of nitrogens with zero attached hydrogens (tertiary/aromatic N) is 13.